The molecule has 0 aliphatic carbocycles. The molecule has 148 valence electrons. The minimum Gasteiger partial charge on any atom is -0.496 e. The van der Waals surface area contributed by atoms with Gasteiger partial charge in [0.1, 0.15) is 5.75 Å². The summed E-state index contributed by atoms with van der Waals surface area (Å²) in [6.07, 6.45) is 0. The van der Waals surface area contributed by atoms with Crippen LogP contribution in [0.2, 0.25) is 0 Å². The maximum absolute atomic E-state index is 13.1. The summed E-state index contributed by atoms with van der Waals surface area (Å²) in [5.41, 5.74) is 0.689. The monoisotopic (exact) mass is 401 g/mol. The van der Waals surface area contributed by atoms with Gasteiger partial charge in [0.25, 0.3) is 10.0 Å². The summed E-state index contributed by atoms with van der Waals surface area (Å²) in [4.78, 5) is 4.53. The summed E-state index contributed by atoms with van der Waals surface area (Å²) in [7, 11) is -0.755. The number of hydrogen-bond donors (Lipinski definition) is 0. The minimum atomic E-state index is -3.78. The lowest BCUT2D eigenvalue weighted by molar-refractivity contribution is 0.321. The molecule has 0 N–H and O–H groups in total. The van der Waals surface area contributed by atoms with Crippen LogP contribution in [0.25, 0.3) is 11.4 Å². The fraction of sp³-hybridized carbons (Fsp3) is 0.300. The van der Waals surface area contributed by atoms with Crippen LogP contribution in [0.4, 0.5) is 5.69 Å². The molecule has 1 heterocycles. The van der Waals surface area contributed by atoms with Gasteiger partial charge in [-0.3, -0.25) is 4.31 Å². The van der Waals surface area contributed by atoms with Crippen molar-refractivity contribution in [2.75, 3.05) is 18.5 Å². The Hall–Kier alpha value is -2.87. The molecule has 0 spiro atoms. The number of para-hydroxylation sites is 1. The molecule has 1 aromatic heterocycles. The van der Waals surface area contributed by atoms with Gasteiger partial charge in [-0.15, -0.1) is 0 Å². The Labute approximate surface area is 165 Å². The lowest BCUT2D eigenvalue weighted by atomic mass is 9.97. The van der Waals surface area contributed by atoms with E-state index in [1.165, 1.54) is 30.6 Å². The topological polar surface area (TPSA) is 85.5 Å². The molecule has 3 rings (SSSR count). The summed E-state index contributed by atoms with van der Waals surface area (Å²) in [5, 5.41) is 4.01. The van der Waals surface area contributed by atoms with Crippen LogP contribution in [0.15, 0.2) is 57.9 Å². The van der Waals surface area contributed by atoms with Crippen molar-refractivity contribution in [1.82, 2.24) is 10.1 Å². The van der Waals surface area contributed by atoms with E-state index in [4.69, 9.17) is 9.26 Å². The Kier molecular flexibility index (Phi) is 5.16. The summed E-state index contributed by atoms with van der Waals surface area (Å²) in [5.74, 6) is 1.20. The molecule has 8 heteroatoms. The fourth-order valence-electron chi connectivity index (χ4n) is 2.59. The van der Waals surface area contributed by atoms with E-state index in [9.17, 15) is 8.42 Å². The van der Waals surface area contributed by atoms with Gasteiger partial charge in [-0.05, 0) is 30.3 Å². The second kappa shape index (κ2) is 7.27. The number of nitrogens with zero attached hydrogens (tertiary/aromatic N) is 3. The highest BCUT2D eigenvalue weighted by Crippen LogP contribution is 2.33. The van der Waals surface area contributed by atoms with E-state index in [1.807, 2.05) is 26.8 Å². The van der Waals surface area contributed by atoms with Crippen LogP contribution < -0.4 is 9.04 Å². The molecular weight excluding hydrogens is 378 g/mol. The number of benzene rings is 2. The first-order chi connectivity index (χ1) is 13.1. The molecule has 0 radical (unpaired) electrons. The van der Waals surface area contributed by atoms with Gasteiger partial charge in [0, 0.05) is 12.5 Å². The van der Waals surface area contributed by atoms with Crippen LogP contribution in [0.3, 0.4) is 0 Å². The lowest BCUT2D eigenvalue weighted by Gasteiger charge is -2.20. The number of hydrogen-bond acceptors (Lipinski definition) is 6. The lowest BCUT2D eigenvalue weighted by Crippen LogP contribution is -2.26. The van der Waals surface area contributed by atoms with E-state index < -0.39 is 10.0 Å². The van der Waals surface area contributed by atoms with Crippen LogP contribution in [-0.2, 0) is 15.4 Å². The third kappa shape index (κ3) is 3.73. The largest absolute Gasteiger partial charge is 0.496 e. The molecule has 28 heavy (non-hydrogen) atoms. The second-order valence-electron chi connectivity index (χ2n) is 7.34. The Bertz CT molecular complexity index is 1070. The summed E-state index contributed by atoms with van der Waals surface area (Å²) < 4.78 is 38.2. The molecular formula is C20H23N3O4S. The number of ether oxygens (including phenoxy) is 1. The van der Waals surface area contributed by atoms with Crippen molar-refractivity contribution in [3.8, 4) is 17.1 Å². The molecule has 0 saturated heterocycles. The van der Waals surface area contributed by atoms with E-state index >= 15 is 0 Å². The highest BCUT2D eigenvalue weighted by molar-refractivity contribution is 7.92. The Morgan fingerprint density at radius 1 is 1.07 bits per heavy atom. The first-order valence-electron chi connectivity index (χ1n) is 8.71. The van der Waals surface area contributed by atoms with E-state index in [0.717, 1.165) is 0 Å². The molecule has 0 atom stereocenters. The molecule has 7 nitrogen and oxygen atoms in total. The van der Waals surface area contributed by atoms with Gasteiger partial charge in [0.15, 0.2) is 0 Å². The van der Waals surface area contributed by atoms with Gasteiger partial charge in [0.2, 0.25) is 11.7 Å². The zero-order valence-electron chi connectivity index (χ0n) is 16.5. The molecule has 0 fully saturated rings. The summed E-state index contributed by atoms with van der Waals surface area (Å²) >= 11 is 0. The average molecular weight is 401 g/mol. The van der Waals surface area contributed by atoms with E-state index in [0.29, 0.717) is 22.9 Å². The second-order valence-corrected chi connectivity index (χ2v) is 9.31. The fourth-order valence-corrected chi connectivity index (χ4v) is 3.82. The van der Waals surface area contributed by atoms with E-state index in [2.05, 4.69) is 10.1 Å². The van der Waals surface area contributed by atoms with E-state index in [1.54, 1.807) is 30.3 Å². The molecule has 0 amide bonds. The zero-order chi connectivity index (χ0) is 20.5. The zero-order valence-corrected chi connectivity index (χ0v) is 17.3. The van der Waals surface area contributed by atoms with Crippen molar-refractivity contribution < 1.29 is 17.7 Å². The van der Waals surface area contributed by atoms with Gasteiger partial charge in [0.05, 0.1) is 23.3 Å². The predicted octanol–water partition coefficient (Wildman–Crippen LogP) is 3.87. The van der Waals surface area contributed by atoms with Crippen LogP contribution in [0.1, 0.15) is 26.7 Å². The van der Waals surface area contributed by atoms with Gasteiger partial charge in [-0.2, -0.15) is 4.98 Å². The van der Waals surface area contributed by atoms with Gasteiger partial charge >= 0.3 is 0 Å². The van der Waals surface area contributed by atoms with E-state index in [-0.39, 0.29) is 16.1 Å². The Morgan fingerprint density at radius 3 is 2.32 bits per heavy atom. The highest BCUT2D eigenvalue weighted by atomic mass is 32.2. The summed E-state index contributed by atoms with van der Waals surface area (Å²) in [6.45, 7) is 5.87. The van der Waals surface area contributed by atoms with Crippen molar-refractivity contribution in [3.63, 3.8) is 0 Å². The standard InChI is InChI=1S/C20H23N3O4S/c1-20(2,3)19-21-18(22-27-19)16-13-15(11-12-17(16)26-5)28(24,25)23(4)14-9-7-6-8-10-14/h6-13H,1-5H3. The van der Waals surface area contributed by atoms with Crippen LogP contribution in [0.5, 0.6) is 5.75 Å². The predicted molar refractivity (Wildman–Crippen MR) is 107 cm³/mol. The third-order valence-corrected chi connectivity index (χ3v) is 6.04. The average Bonchev–Trinajstić information content (AvgIpc) is 3.18. The smallest absolute Gasteiger partial charge is 0.264 e. The van der Waals surface area contributed by atoms with Crippen molar-refractivity contribution in [2.45, 2.75) is 31.1 Å². The molecule has 2 aromatic carbocycles. The van der Waals surface area contributed by atoms with Crippen LogP contribution in [0, 0.1) is 0 Å². The number of methoxy groups -OCH3 is 1. The van der Waals surface area contributed by atoms with Gasteiger partial charge in [-0.25, -0.2) is 8.42 Å². The van der Waals surface area contributed by atoms with Crippen LogP contribution in [-0.4, -0.2) is 32.7 Å². The van der Waals surface area contributed by atoms with Crippen molar-refractivity contribution >= 4 is 15.7 Å². The molecule has 3 aromatic rings. The Morgan fingerprint density at radius 2 is 1.75 bits per heavy atom. The molecule has 0 aliphatic heterocycles. The maximum atomic E-state index is 13.1. The first-order valence-corrected chi connectivity index (χ1v) is 10.1. The van der Waals surface area contributed by atoms with Crippen molar-refractivity contribution in [3.05, 3.63) is 54.4 Å². The van der Waals surface area contributed by atoms with Gasteiger partial charge in [-0.1, -0.05) is 44.1 Å². The van der Waals surface area contributed by atoms with Crippen molar-refractivity contribution in [2.24, 2.45) is 0 Å². The Balaban J connectivity index is 2.07. The maximum Gasteiger partial charge on any atom is 0.264 e. The molecule has 0 unspecified atom stereocenters. The summed E-state index contributed by atoms with van der Waals surface area (Å²) in [6, 6.07) is 13.5. The van der Waals surface area contributed by atoms with Gasteiger partial charge < -0.3 is 9.26 Å². The van der Waals surface area contributed by atoms with Crippen molar-refractivity contribution in [1.29, 1.82) is 0 Å². The SMILES string of the molecule is COc1ccc(S(=O)(=O)N(C)c2ccccc2)cc1-c1noc(C(C)(C)C)n1. The number of aromatic nitrogens is 2. The molecule has 0 aliphatic rings. The third-order valence-electron chi connectivity index (χ3n) is 4.26. The molecule has 0 bridgehead atoms. The highest BCUT2D eigenvalue weighted by Gasteiger charge is 2.26. The minimum absolute atomic E-state index is 0.108. The number of anilines is 1. The number of rotatable bonds is 5. The normalized spacial score (nSPS) is 12.0. The quantitative estimate of drug-likeness (QED) is 0.645. The van der Waals surface area contributed by atoms with Crippen LogP contribution >= 0.6 is 0 Å². The molecule has 0 saturated carbocycles. The number of sulfonamides is 1. The first kappa shape index (κ1) is 19.9.